The Labute approximate surface area is 108 Å². The van der Waals surface area contributed by atoms with E-state index < -0.39 is 11.9 Å². The lowest BCUT2D eigenvalue weighted by molar-refractivity contribution is 0.0649. The molecule has 0 saturated heterocycles. The van der Waals surface area contributed by atoms with Crippen molar-refractivity contribution in [2.45, 2.75) is 6.54 Å². The first-order chi connectivity index (χ1) is 9.08. The topological polar surface area (TPSA) is 96.5 Å². The van der Waals surface area contributed by atoms with Crippen LogP contribution in [0.5, 0.6) is 0 Å². The quantitative estimate of drug-likeness (QED) is 0.883. The number of rotatable bonds is 4. The summed E-state index contributed by atoms with van der Waals surface area (Å²) in [5.74, 6) is -2.04. The second-order valence-electron chi connectivity index (χ2n) is 3.90. The van der Waals surface area contributed by atoms with Crippen LogP contribution in [0.25, 0.3) is 0 Å². The van der Waals surface area contributed by atoms with E-state index in [0.717, 1.165) is 11.6 Å². The molecule has 0 spiro atoms. The minimum absolute atomic E-state index is 0.0382. The minimum atomic E-state index is -1.26. The summed E-state index contributed by atoms with van der Waals surface area (Å²) in [6.07, 6.45) is 3.29. The first kappa shape index (κ1) is 12.7. The molecule has 0 aliphatic carbocycles. The van der Waals surface area contributed by atoms with Crippen LogP contribution in [0.1, 0.15) is 26.6 Å². The molecule has 2 aromatic rings. The molecule has 0 atom stereocenters. The molecule has 0 aliphatic rings. The number of amides is 1. The number of aromatic carboxylic acids is 1. The van der Waals surface area contributed by atoms with Gasteiger partial charge in [-0.05, 0) is 11.6 Å². The third-order valence-electron chi connectivity index (χ3n) is 2.43. The normalized spacial score (nSPS) is 10.2. The molecule has 0 unspecified atom stereocenters. The van der Waals surface area contributed by atoms with Crippen molar-refractivity contribution < 1.29 is 19.2 Å². The monoisotopic (exact) mass is 261 g/mol. The molecule has 2 aromatic heterocycles. The van der Waals surface area contributed by atoms with E-state index in [1.165, 1.54) is 4.90 Å². The van der Waals surface area contributed by atoms with E-state index in [0.29, 0.717) is 6.54 Å². The zero-order valence-electron chi connectivity index (χ0n) is 10.1. The Morgan fingerprint density at radius 3 is 2.84 bits per heavy atom. The first-order valence-electron chi connectivity index (χ1n) is 5.42. The Morgan fingerprint density at radius 2 is 2.26 bits per heavy atom. The number of nitrogens with zero attached hydrogens (tertiary/aromatic N) is 3. The van der Waals surface area contributed by atoms with E-state index >= 15 is 0 Å². The highest BCUT2D eigenvalue weighted by molar-refractivity contribution is 5.94. The SMILES string of the molecule is CN(Cc1cccnc1)C(=O)c1cc(C(=O)O)on1. The van der Waals surface area contributed by atoms with E-state index in [9.17, 15) is 9.59 Å². The van der Waals surface area contributed by atoms with Crippen molar-refractivity contribution in [2.24, 2.45) is 0 Å². The van der Waals surface area contributed by atoms with Crippen molar-refractivity contribution in [1.29, 1.82) is 0 Å². The van der Waals surface area contributed by atoms with Gasteiger partial charge in [0.15, 0.2) is 5.69 Å². The standard InChI is InChI=1S/C12H11N3O4/c1-15(7-8-3-2-4-13-6-8)11(16)9-5-10(12(17)18)19-14-9/h2-6H,7H2,1H3,(H,17,18). The van der Waals surface area contributed by atoms with Gasteiger partial charge in [0, 0.05) is 32.1 Å². The van der Waals surface area contributed by atoms with E-state index in [1.54, 1.807) is 25.5 Å². The highest BCUT2D eigenvalue weighted by Crippen LogP contribution is 2.08. The maximum atomic E-state index is 12.0. The number of hydrogen-bond acceptors (Lipinski definition) is 5. The summed E-state index contributed by atoms with van der Waals surface area (Å²) < 4.78 is 4.54. The summed E-state index contributed by atoms with van der Waals surface area (Å²) >= 11 is 0. The Bertz CT molecular complexity index is 594. The predicted octanol–water partition coefficient (Wildman–Crippen LogP) is 1.04. The van der Waals surface area contributed by atoms with Crippen LogP contribution in [0.4, 0.5) is 0 Å². The largest absolute Gasteiger partial charge is 0.475 e. The predicted molar refractivity (Wildman–Crippen MR) is 63.5 cm³/mol. The number of carbonyl (C=O) groups is 2. The molecule has 2 heterocycles. The molecule has 0 aromatic carbocycles. The molecule has 0 saturated carbocycles. The average molecular weight is 261 g/mol. The van der Waals surface area contributed by atoms with Gasteiger partial charge >= 0.3 is 5.97 Å². The fraction of sp³-hybridized carbons (Fsp3) is 0.167. The number of carboxylic acids is 1. The van der Waals surface area contributed by atoms with Crippen molar-refractivity contribution >= 4 is 11.9 Å². The third kappa shape index (κ3) is 2.95. The summed E-state index contributed by atoms with van der Waals surface area (Å²) in [5, 5.41) is 12.1. The summed E-state index contributed by atoms with van der Waals surface area (Å²) in [4.78, 5) is 28.0. The highest BCUT2D eigenvalue weighted by Gasteiger charge is 2.19. The van der Waals surface area contributed by atoms with E-state index in [-0.39, 0.29) is 11.5 Å². The van der Waals surface area contributed by atoms with Crippen molar-refractivity contribution in [3.8, 4) is 0 Å². The molecule has 1 N–H and O–H groups in total. The van der Waals surface area contributed by atoms with Crippen LogP contribution < -0.4 is 0 Å². The van der Waals surface area contributed by atoms with Gasteiger partial charge in [0.1, 0.15) is 0 Å². The van der Waals surface area contributed by atoms with Crippen LogP contribution in [0.3, 0.4) is 0 Å². The highest BCUT2D eigenvalue weighted by atomic mass is 16.5. The van der Waals surface area contributed by atoms with Crippen molar-refractivity contribution in [3.63, 3.8) is 0 Å². The second-order valence-corrected chi connectivity index (χ2v) is 3.90. The molecule has 7 heteroatoms. The molecular formula is C12H11N3O4. The zero-order valence-corrected chi connectivity index (χ0v) is 10.1. The van der Waals surface area contributed by atoms with Gasteiger partial charge in [-0.2, -0.15) is 0 Å². The van der Waals surface area contributed by atoms with Gasteiger partial charge < -0.3 is 14.5 Å². The van der Waals surface area contributed by atoms with Crippen molar-refractivity contribution in [3.05, 3.63) is 47.6 Å². The maximum Gasteiger partial charge on any atom is 0.374 e. The summed E-state index contributed by atoms with van der Waals surface area (Å²) in [6, 6.07) is 4.71. The van der Waals surface area contributed by atoms with Gasteiger partial charge in [0.25, 0.3) is 5.91 Å². The Hall–Kier alpha value is -2.70. The van der Waals surface area contributed by atoms with Crippen molar-refractivity contribution in [2.75, 3.05) is 7.05 Å². The van der Waals surface area contributed by atoms with Crippen LogP contribution >= 0.6 is 0 Å². The van der Waals surface area contributed by atoms with Gasteiger partial charge in [-0.15, -0.1) is 0 Å². The minimum Gasteiger partial charge on any atom is -0.475 e. The lowest BCUT2D eigenvalue weighted by Gasteiger charge is -2.15. The number of carboxylic acid groups (broad SMARTS) is 1. The van der Waals surface area contributed by atoms with Crippen LogP contribution in [-0.4, -0.2) is 39.1 Å². The summed E-state index contributed by atoms with van der Waals surface area (Å²) in [6.45, 7) is 0.349. The molecule has 0 aliphatic heterocycles. The van der Waals surface area contributed by atoms with Crippen LogP contribution in [-0.2, 0) is 6.54 Å². The van der Waals surface area contributed by atoms with E-state index in [2.05, 4.69) is 14.7 Å². The number of pyridine rings is 1. The van der Waals surface area contributed by atoms with Crippen LogP contribution in [0, 0.1) is 0 Å². The summed E-state index contributed by atoms with van der Waals surface area (Å²) in [7, 11) is 1.59. The molecule has 98 valence electrons. The smallest absolute Gasteiger partial charge is 0.374 e. The molecule has 19 heavy (non-hydrogen) atoms. The number of carbonyl (C=O) groups excluding carboxylic acids is 1. The van der Waals surface area contributed by atoms with E-state index in [4.69, 9.17) is 5.11 Å². The number of aromatic nitrogens is 2. The Morgan fingerprint density at radius 1 is 1.47 bits per heavy atom. The summed E-state index contributed by atoms with van der Waals surface area (Å²) in [5.41, 5.74) is 0.823. The Balaban J connectivity index is 2.08. The fourth-order valence-electron chi connectivity index (χ4n) is 1.51. The molecule has 1 amide bonds. The van der Waals surface area contributed by atoms with Gasteiger partial charge in [-0.25, -0.2) is 4.79 Å². The second kappa shape index (κ2) is 5.30. The number of hydrogen-bond donors (Lipinski definition) is 1. The molecule has 0 fully saturated rings. The molecular weight excluding hydrogens is 250 g/mol. The van der Waals surface area contributed by atoms with Gasteiger partial charge in [0.2, 0.25) is 5.76 Å². The third-order valence-corrected chi connectivity index (χ3v) is 2.43. The van der Waals surface area contributed by atoms with Gasteiger partial charge in [-0.3, -0.25) is 9.78 Å². The van der Waals surface area contributed by atoms with Gasteiger partial charge in [-0.1, -0.05) is 11.2 Å². The van der Waals surface area contributed by atoms with E-state index in [1.807, 2.05) is 6.07 Å². The van der Waals surface area contributed by atoms with Crippen LogP contribution in [0.2, 0.25) is 0 Å². The molecule has 0 radical (unpaired) electrons. The zero-order chi connectivity index (χ0) is 13.8. The van der Waals surface area contributed by atoms with Crippen molar-refractivity contribution in [1.82, 2.24) is 15.0 Å². The first-order valence-corrected chi connectivity index (χ1v) is 5.42. The fourth-order valence-corrected chi connectivity index (χ4v) is 1.51. The molecule has 0 bridgehead atoms. The maximum absolute atomic E-state index is 12.0. The molecule has 7 nitrogen and oxygen atoms in total. The van der Waals surface area contributed by atoms with Crippen LogP contribution in [0.15, 0.2) is 35.1 Å². The lowest BCUT2D eigenvalue weighted by Crippen LogP contribution is -2.26. The lowest BCUT2D eigenvalue weighted by atomic mass is 10.2. The molecule has 2 rings (SSSR count). The average Bonchev–Trinajstić information content (AvgIpc) is 2.88. The Kier molecular flexibility index (Phi) is 3.56. The van der Waals surface area contributed by atoms with Gasteiger partial charge in [0.05, 0.1) is 0 Å².